The number of nitrogens with zero attached hydrogens (tertiary/aromatic N) is 2. The first-order valence-electron chi connectivity index (χ1n) is 4.44. The van der Waals surface area contributed by atoms with Crippen LogP contribution in [0.2, 0.25) is 5.02 Å². The Kier molecular flexibility index (Phi) is 3.17. The summed E-state index contributed by atoms with van der Waals surface area (Å²) in [6.07, 6.45) is 2.89. The fourth-order valence-corrected chi connectivity index (χ4v) is 1.44. The van der Waals surface area contributed by atoms with Crippen molar-refractivity contribution in [3.05, 3.63) is 47.4 Å². The SMILES string of the molecule is O=C(Cl)c1cncc(-c2ccc(Cl)cc2)n1. The van der Waals surface area contributed by atoms with Gasteiger partial charge in [0.25, 0.3) is 5.24 Å². The fraction of sp³-hybridized carbons (Fsp3) is 0. The second-order valence-electron chi connectivity index (χ2n) is 3.07. The van der Waals surface area contributed by atoms with Crippen molar-refractivity contribution in [1.29, 1.82) is 0 Å². The number of halogens is 2. The van der Waals surface area contributed by atoms with E-state index >= 15 is 0 Å². The normalized spacial score (nSPS) is 10.1. The molecule has 1 heterocycles. The summed E-state index contributed by atoms with van der Waals surface area (Å²) in [6.45, 7) is 0. The molecular weight excluding hydrogens is 247 g/mol. The maximum absolute atomic E-state index is 10.9. The molecule has 0 aliphatic heterocycles. The van der Waals surface area contributed by atoms with Gasteiger partial charge in [-0.05, 0) is 23.7 Å². The summed E-state index contributed by atoms with van der Waals surface area (Å²) >= 11 is 11.1. The van der Waals surface area contributed by atoms with Gasteiger partial charge in [0.05, 0.1) is 18.1 Å². The minimum atomic E-state index is -0.622. The smallest absolute Gasteiger partial charge is 0.272 e. The lowest BCUT2D eigenvalue weighted by atomic mass is 10.1. The molecule has 0 saturated carbocycles. The van der Waals surface area contributed by atoms with Crippen LogP contribution in [0.1, 0.15) is 10.5 Å². The third-order valence-electron chi connectivity index (χ3n) is 1.98. The van der Waals surface area contributed by atoms with Gasteiger partial charge in [-0.2, -0.15) is 0 Å². The summed E-state index contributed by atoms with van der Waals surface area (Å²) in [5, 5.41) is 0.0181. The van der Waals surface area contributed by atoms with Gasteiger partial charge >= 0.3 is 0 Å². The van der Waals surface area contributed by atoms with Crippen LogP contribution in [0.4, 0.5) is 0 Å². The maximum Gasteiger partial charge on any atom is 0.272 e. The molecule has 0 N–H and O–H groups in total. The highest BCUT2D eigenvalue weighted by atomic mass is 35.5. The van der Waals surface area contributed by atoms with E-state index in [2.05, 4.69) is 9.97 Å². The quantitative estimate of drug-likeness (QED) is 0.772. The first-order valence-corrected chi connectivity index (χ1v) is 5.20. The molecule has 1 aromatic heterocycles. The van der Waals surface area contributed by atoms with Gasteiger partial charge in [-0.15, -0.1) is 0 Å². The van der Waals surface area contributed by atoms with Crippen LogP contribution in [0, 0.1) is 0 Å². The molecule has 80 valence electrons. The molecule has 3 nitrogen and oxygen atoms in total. The molecule has 0 bridgehead atoms. The first kappa shape index (κ1) is 11.0. The third-order valence-corrected chi connectivity index (χ3v) is 2.42. The first-order chi connectivity index (χ1) is 7.66. The second-order valence-corrected chi connectivity index (χ2v) is 3.85. The largest absolute Gasteiger partial charge is 0.274 e. The highest BCUT2D eigenvalue weighted by molar-refractivity contribution is 6.67. The van der Waals surface area contributed by atoms with E-state index in [1.54, 1.807) is 30.5 Å². The Morgan fingerprint density at radius 2 is 1.81 bits per heavy atom. The predicted octanol–water partition coefficient (Wildman–Crippen LogP) is 3.18. The number of carbonyl (C=O) groups excluding carboxylic acids is 1. The van der Waals surface area contributed by atoms with Gasteiger partial charge in [0.1, 0.15) is 5.69 Å². The summed E-state index contributed by atoms with van der Waals surface area (Å²) in [5.74, 6) is 0. The standard InChI is InChI=1S/C11H6Cl2N2O/c12-8-3-1-7(2-4-8)9-5-14-6-10(15-9)11(13)16/h1-6H. The zero-order valence-corrected chi connectivity index (χ0v) is 9.53. The molecule has 0 fully saturated rings. The van der Waals surface area contributed by atoms with Gasteiger partial charge in [0.15, 0.2) is 0 Å². The average Bonchev–Trinajstić information content (AvgIpc) is 2.30. The minimum absolute atomic E-state index is 0.133. The van der Waals surface area contributed by atoms with Gasteiger partial charge in [-0.1, -0.05) is 23.7 Å². The van der Waals surface area contributed by atoms with Crippen molar-refractivity contribution < 1.29 is 4.79 Å². The van der Waals surface area contributed by atoms with Gasteiger partial charge in [-0.3, -0.25) is 9.78 Å². The number of hydrogen-bond donors (Lipinski definition) is 0. The fourth-order valence-electron chi connectivity index (χ4n) is 1.22. The van der Waals surface area contributed by atoms with Gasteiger partial charge in [-0.25, -0.2) is 4.98 Å². The highest BCUT2D eigenvalue weighted by Gasteiger charge is 2.06. The Bertz CT molecular complexity index is 526. The Morgan fingerprint density at radius 1 is 1.12 bits per heavy atom. The molecule has 1 aromatic carbocycles. The van der Waals surface area contributed by atoms with Gasteiger partial charge in [0.2, 0.25) is 0 Å². The van der Waals surface area contributed by atoms with Crippen molar-refractivity contribution in [3.8, 4) is 11.3 Å². The van der Waals surface area contributed by atoms with Crippen LogP contribution < -0.4 is 0 Å². The van der Waals surface area contributed by atoms with Crippen molar-refractivity contribution in [2.24, 2.45) is 0 Å². The Labute approximate surface area is 102 Å². The molecular formula is C11H6Cl2N2O. The van der Waals surface area contributed by atoms with Crippen LogP contribution in [0.25, 0.3) is 11.3 Å². The molecule has 0 unspecified atom stereocenters. The molecule has 2 aromatic rings. The molecule has 2 rings (SSSR count). The average molecular weight is 253 g/mol. The van der Waals surface area contributed by atoms with Crippen LogP contribution in [-0.4, -0.2) is 15.2 Å². The molecule has 0 aliphatic carbocycles. The van der Waals surface area contributed by atoms with Crippen molar-refractivity contribution >= 4 is 28.4 Å². The van der Waals surface area contributed by atoms with E-state index in [0.29, 0.717) is 10.7 Å². The van der Waals surface area contributed by atoms with Crippen LogP contribution in [0.15, 0.2) is 36.7 Å². The van der Waals surface area contributed by atoms with E-state index in [0.717, 1.165) is 5.56 Å². The molecule has 0 amide bonds. The lowest BCUT2D eigenvalue weighted by Crippen LogP contribution is -1.96. The molecule has 0 aliphatic rings. The lowest BCUT2D eigenvalue weighted by Gasteiger charge is -2.01. The molecule has 16 heavy (non-hydrogen) atoms. The van der Waals surface area contributed by atoms with Gasteiger partial charge in [0, 0.05) is 10.6 Å². The van der Waals surface area contributed by atoms with E-state index in [4.69, 9.17) is 23.2 Å². The van der Waals surface area contributed by atoms with Crippen LogP contribution in [-0.2, 0) is 0 Å². The van der Waals surface area contributed by atoms with Gasteiger partial charge < -0.3 is 0 Å². The number of hydrogen-bond acceptors (Lipinski definition) is 3. The molecule has 0 radical (unpaired) electrons. The summed E-state index contributed by atoms with van der Waals surface area (Å²) in [4.78, 5) is 18.9. The van der Waals surface area contributed by atoms with Crippen LogP contribution in [0.5, 0.6) is 0 Å². The van der Waals surface area contributed by atoms with E-state index in [1.165, 1.54) is 6.20 Å². The zero-order valence-electron chi connectivity index (χ0n) is 8.02. The second kappa shape index (κ2) is 4.60. The van der Waals surface area contributed by atoms with Crippen LogP contribution in [0.3, 0.4) is 0 Å². The molecule has 5 heteroatoms. The third kappa shape index (κ3) is 2.38. The zero-order chi connectivity index (χ0) is 11.5. The Morgan fingerprint density at radius 3 is 2.44 bits per heavy atom. The summed E-state index contributed by atoms with van der Waals surface area (Å²) in [6, 6.07) is 7.09. The molecule has 0 saturated heterocycles. The molecule has 0 atom stereocenters. The lowest BCUT2D eigenvalue weighted by molar-refractivity contribution is 0.107. The topological polar surface area (TPSA) is 42.9 Å². The number of benzene rings is 1. The number of rotatable bonds is 2. The van der Waals surface area contributed by atoms with E-state index in [9.17, 15) is 4.79 Å². The summed E-state index contributed by atoms with van der Waals surface area (Å²) < 4.78 is 0. The number of aromatic nitrogens is 2. The van der Waals surface area contributed by atoms with E-state index < -0.39 is 5.24 Å². The van der Waals surface area contributed by atoms with Crippen molar-refractivity contribution in [3.63, 3.8) is 0 Å². The summed E-state index contributed by atoms with van der Waals surface area (Å²) in [7, 11) is 0. The minimum Gasteiger partial charge on any atom is -0.274 e. The summed E-state index contributed by atoms with van der Waals surface area (Å²) in [5.41, 5.74) is 1.55. The van der Waals surface area contributed by atoms with Crippen molar-refractivity contribution in [2.75, 3.05) is 0 Å². The maximum atomic E-state index is 10.9. The molecule has 0 spiro atoms. The Hall–Kier alpha value is -1.45. The highest BCUT2D eigenvalue weighted by Crippen LogP contribution is 2.19. The Balaban J connectivity index is 2.44. The predicted molar refractivity (Wildman–Crippen MR) is 62.7 cm³/mol. The van der Waals surface area contributed by atoms with Crippen LogP contribution >= 0.6 is 23.2 Å². The van der Waals surface area contributed by atoms with E-state index in [-0.39, 0.29) is 5.69 Å². The monoisotopic (exact) mass is 252 g/mol. The van der Waals surface area contributed by atoms with Crippen molar-refractivity contribution in [1.82, 2.24) is 9.97 Å². The van der Waals surface area contributed by atoms with Crippen molar-refractivity contribution in [2.45, 2.75) is 0 Å². The number of carbonyl (C=O) groups is 1. The van der Waals surface area contributed by atoms with E-state index in [1.807, 2.05) is 0 Å².